The van der Waals surface area contributed by atoms with Crippen molar-refractivity contribution >= 4 is 22.9 Å². The zero-order valence-corrected chi connectivity index (χ0v) is 9.94. The molecule has 0 saturated heterocycles. The predicted octanol–water partition coefficient (Wildman–Crippen LogP) is 2.43. The van der Waals surface area contributed by atoms with Gasteiger partial charge in [0.1, 0.15) is 0 Å². The normalized spacial score (nSPS) is 13.5. The van der Waals surface area contributed by atoms with E-state index in [4.69, 9.17) is 23.1 Å². The lowest BCUT2D eigenvalue weighted by Crippen LogP contribution is -2.24. The van der Waals surface area contributed by atoms with E-state index in [1.54, 1.807) is 11.3 Å². The maximum atomic E-state index is 5.88. The van der Waals surface area contributed by atoms with Gasteiger partial charge < -0.3 is 11.5 Å². The van der Waals surface area contributed by atoms with Crippen molar-refractivity contribution in [3.8, 4) is 0 Å². The van der Waals surface area contributed by atoms with Crippen LogP contribution in [0.3, 0.4) is 0 Å². The van der Waals surface area contributed by atoms with Crippen LogP contribution in [0.1, 0.15) is 24.1 Å². The molecular weight excluding hydrogens is 216 g/mol. The molecule has 0 radical (unpaired) electrons. The molecule has 0 saturated carbocycles. The van der Waals surface area contributed by atoms with E-state index in [2.05, 4.69) is 13.0 Å². The monoisotopic (exact) mass is 232 g/mol. The van der Waals surface area contributed by atoms with E-state index < -0.39 is 0 Å². The topological polar surface area (TPSA) is 52.0 Å². The van der Waals surface area contributed by atoms with Gasteiger partial charge in [0, 0.05) is 4.88 Å². The molecule has 1 aromatic rings. The lowest BCUT2D eigenvalue weighted by atomic mass is 9.95. The summed E-state index contributed by atoms with van der Waals surface area (Å²) in [7, 11) is 0. The van der Waals surface area contributed by atoms with Crippen molar-refractivity contribution < 1.29 is 0 Å². The van der Waals surface area contributed by atoms with Gasteiger partial charge in [-0.2, -0.15) is 0 Å². The average molecular weight is 233 g/mol. The van der Waals surface area contributed by atoms with Gasteiger partial charge in [0.15, 0.2) is 0 Å². The van der Waals surface area contributed by atoms with Crippen LogP contribution in [0.25, 0.3) is 0 Å². The largest absolute Gasteiger partial charge is 0.330 e. The van der Waals surface area contributed by atoms with Crippen LogP contribution in [-0.2, 0) is 0 Å². The van der Waals surface area contributed by atoms with E-state index in [-0.39, 0.29) is 0 Å². The van der Waals surface area contributed by atoms with Gasteiger partial charge in [-0.1, -0.05) is 18.5 Å². The summed E-state index contributed by atoms with van der Waals surface area (Å²) >= 11 is 7.52. The average Bonchev–Trinajstić information content (AvgIpc) is 2.61. The number of rotatable bonds is 5. The maximum absolute atomic E-state index is 5.88. The summed E-state index contributed by atoms with van der Waals surface area (Å²) in [6.07, 6.45) is 1.05. The fourth-order valence-electron chi connectivity index (χ4n) is 1.50. The first-order chi connectivity index (χ1) is 6.67. The molecule has 1 rings (SSSR count). The van der Waals surface area contributed by atoms with E-state index in [1.807, 2.05) is 6.07 Å². The Morgan fingerprint density at radius 3 is 2.43 bits per heavy atom. The molecule has 0 amide bonds. The van der Waals surface area contributed by atoms with Crippen LogP contribution in [0, 0.1) is 5.92 Å². The summed E-state index contributed by atoms with van der Waals surface area (Å²) in [6.45, 7) is 3.53. The van der Waals surface area contributed by atoms with Crippen LogP contribution in [0.2, 0.25) is 4.34 Å². The van der Waals surface area contributed by atoms with Crippen LogP contribution in [0.15, 0.2) is 12.1 Å². The summed E-state index contributed by atoms with van der Waals surface area (Å²) in [4.78, 5) is 1.32. The standard InChI is InChI=1S/C10H17ClN2S/c1-7(4-8(5-12)6-13)9-2-3-10(11)14-9/h2-3,7-8H,4-6,12-13H2,1H3. The zero-order chi connectivity index (χ0) is 10.6. The Kier molecular flexibility index (Phi) is 4.89. The predicted molar refractivity (Wildman–Crippen MR) is 64.0 cm³/mol. The second-order valence-corrected chi connectivity index (χ2v) is 5.36. The first-order valence-corrected chi connectivity index (χ1v) is 6.02. The molecule has 14 heavy (non-hydrogen) atoms. The summed E-state index contributed by atoms with van der Waals surface area (Å²) in [6, 6.07) is 4.03. The molecule has 0 aromatic carbocycles. The highest BCUT2D eigenvalue weighted by molar-refractivity contribution is 7.16. The van der Waals surface area contributed by atoms with Crippen molar-refractivity contribution in [2.24, 2.45) is 17.4 Å². The molecule has 0 aliphatic rings. The molecule has 0 bridgehead atoms. The van der Waals surface area contributed by atoms with E-state index >= 15 is 0 Å². The highest BCUT2D eigenvalue weighted by Crippen LogP contribution is 2.31. The summed E-state index contributed by atoms with van der Waals surface area (Å²) in [5, 5.41) is 0. The molecule has 80 valence electrons. The van der Waals surface area contributed by atoms with Gasteiger partial charge in [0.05, 0.1) is 4.34 Å². The molecule has 1 unspecified atom stereocenters. The van der Waals surface area contributed by atoms with Crippen LogP contribution in [-0.4, -0.2) is 13.1 Å². The molecule has 0 spiro atoms. The minimum atomic E-state index is 0.422. The number of nitrogens with two attached hydrogens (primary N) is 2. The van der Waals surface area contributed by atoms with Crippen molar-refractivity contribution in [2.75, 3.05) is 13.1 Å². The Morgan fingerprint density at radius 1 is 1.36 bits per heavy atom. The molecule has 0 aliphatic heterocycles. The van der Waals surface area contributed by atoms with Gasteiger partial charge in [-0.3, -0.25) is 0 Å². The van der Waals surface area contributed by atoms with Gasteiger partial charge >= 0.3 is 0 Å². The van der Waals surface area contributed by atoms with Gasteiger partial charge in [-0.15, -0.1) is 11.3 Å². The Hall–Kier alpha value is -0.0900. The van der Waals surface area contributed by atoms with Crippen LogP contribution < -0.4 is 11.5 Å². The second-order valence-electron chi connectivity index (χ2n) is 3.62. The highest BCUT2D eigenvalue weighted by atomic mass is 35.5. The van der Waals surface area contributed by atoms with Gasteiger partial charge in [-0.25, -0.2) is 0 Å². The minimum Gasteiger partial charge on any atom is -0.330 e. The van der Waals surface area contributed by atoms with E-state index in [0.717, 1.165) is 10.8 Å². The number of thiophene rings is 1. The molecule has 4 N–H and O–H groups in total. The third-order valence-electron chi connectivity index (χ3n) is 2.43. The van der Waals surface area contributed by atoms with Crippen LogP contribution >= 0.6 is 22.9 Å². The highest BCUT2D eigenvalue weighted by Gasteiger charge is 2.13. The molecule has 0 fully saturated rings. The summed E-state index contributed by atoms with van der Waals surface area (Å²) < 4.78 is 0.851. The minimum absolute atomic E-state index is 0.422. The lowest BCUT2D eigenvalue weighted by molar-refractivity contribution is 0.468. The first kappa shape index (κ1) is 12.0. The van der Waals surface area contributed by atoms with Gasteiger partial charge in [-0.05, 0) is 43.5 Å². The van der Waals surface area contributed by atoms with Gasteiger partial charge in [0.2, 0.25) is 0 Å². The molecular formula is C10H17ClN2S. The molecule has 1 heterocycles. The molecule has 1 aromatic heterocycles. The Morgan fingerprint density at radius 2 is 2.00 bits per heavy atom. The quantitative estimate of drug-likeness (QED) is 0.820. The Bertz CT molecular complexity index is 271. The van der Waals surface area contributed by atoms with Gasteiger partial charge in [0.25, 0.3) is 0 Å². The third-order valence-corrected chi connectivity index (χ3v) is 3.90. The van der Waals surface area contributed by atoms with E-state index in [0.29, 0.717) is 24.9 Å². The lowest BCUT2D eigenvalue weighted by Gasteiger charge is -2.16. The summed E-state index contributed by atoms with van der Waals surface area (Å²) in [5.41, 5.74) is 11.2. The number of hydrogen-bond donors (Lipinski definition) is 2. The molecule has 2 nitrogen and oxygen atoms in total. The van der Waals surface area contributed by atoms with Crippen molar-refractivity contribution in [3.05, 3.63) is 21.3 Å². The molecule has 4 heteroatoms. The first-order valence-electron chi connectivity index (χ1n) is 4.82. The SMILES string of the molecule is CC(CC(CN)CN)c1ccc(Cl)s1. The van der Waals surface area contributed by atoms with Crippen molar-refractivity contribution in [2.45, 2.75) is 19.3 Å². The number of hydrogen-bond acceptors (Lipinski definition) is 3. The second kappa shape index (κ2) is 5.71. The molecule has 0 aliphatic carbocycles. The van der Waals surface area contributed by atoms with E-state index in [9.17, 15) is 0 Å². The van der Waals surface area contributed by atoms with Crippen molar-refractivity contribution in [1.29, 1.82) is 0 Å². The molecule has 1 atom stereocenters. The summed E-state index contributed by atoms with van der Waals surface area (Å²) in [5.74, 6) is 0.926. The van der Waals surface area contributed by atoms with Crippen molar-refractivity contribution in [3.63, 3.8) is 0 Å². The smallest absolute Gasteiger partial charge is 0.0931 e. The van der Waals surface area contributed by atoms with E-state index in [1.165, 1.54) is 4.88 Å². The maximum Gasteiger partial charge on any atom is 0.0931 e. The van der Waals surface area contributed by atoms with Crippen LogP contribution in [0.5, 0.6) is 0 Å². The van der Waals surface area contributed by atoms with Crippen molar-refractivity contribution in [1.82, 2.24) is 0 Å². The fourth-order valence-corrected chi connectivity index (χ4v) is 2.62. The van der Waals surface area contributed by atoms with Crippen LogP contribution in [0.4, 0.5) is 0 Å². The Balaban J connectivity index is 2.53. The number of halogens is 1. The zero-order valence-electron chi connectivity index (χ0n) is 8.37. The third kappa shape index (κ3) is 3.24. The Labute approximate surface area is 94.2 Å². The fraction of sp³-hybridized carbons (Fsp3) is 0.600.